The standard InChI is InChI=1S/C11H19N3O/c1-4-12-10-7-9(5-6-13-10)14-8-11(2,3)15/h5-7,15H,4,8H2,1-3H3,(H2,12,13,14). The van der Waals surface area contributed by atoms with Gasteiger partial charge in [-0.2, -0.15) is 0 Å². The number of pyridine rings is 1. The van der Waals surface area contributed by atoms with E-state index in [1.54, 1.807) is 20.0 Å². The topological polar surface area (TPSA) is 57.2 Å². The zero-order valence-electron chi connectivity index (χ0n) is 9.54. The van der Waals surface area contributed by atoms with Gasteiger partial charge in [-0.1, -0.05) is 0 Å². The van der Waals surface area contributed by atoms with Crippen molar-refractivity contribution in [1.82, 2.24) is 4.98 Å². The minimum atomic E-state index is -0.707. The van der Waals surface area contributed by atoms with E-state index >= 15 is 0 Å². The molecule has 0 saturated carbocycles. The van der Waals surface area contributed by atoms with Crippen LogP contribution < -0.4 is 10.6 Å². The molecule has 15 heavy (non-hydrogen) atoms. The lowest BCUT2D eigenvalue weighted by Crippen LogP contribution is -2.29. The van der Waals surface area contributed by atoms with Crippen molar-refractivity contribution >= 4 is 11.5 Å². The molecule has 84 valence electrons. The van der Waals surface area contributed by atoms with E-state index in [-0.39, 0.29) is 0 Å². The first-order valence-corrected chi connectivity index (χ1v) is 5.17. The van der Waals surface area contributed by atoms with E-state index in [9.17, 15) is 5.11 Å². The van der Waals surface area contributed by atoms with Crippen molar-refractivity contribution in [2.75, 3.05) is 23.7 Å². The normalized spacial score (nSPS) is 11.2. The van der Waals surface area contributed by atoms with E-state index in [1.165, 1.54) is 0 Å². The van der Waals surface area contributed by atoms with Crippen LogP contribution in [0.3, 0.4) is 0 Å². The molecule has 0 radical (unpaired) electrons. The van der Waals surface area contributed by atoms with E-state index in [0.29, 0.717) is 6.54 Å². The van der Waals surface area contributed by atoms with Crippen LogP contribution in [0.25, 0.3) is 0 Å². The molecule has 3 N–H and O–H groups in total. The number of anilines is 2. The fourth-order valence-corrected chi connectivity index (χ4v) is 1.14. The minimum absolute atomic E-state index is 0.516. The molecule has 0 aliphatic heterocycles. The maximum absolute atomic E-state index is 9.56. The molecule has 1 heterocycles. The molecule has 4 nitrogen and oxygen atoms in total. The molecular weight excluding hydrogens is 190 g/mol. The number of nitrogens with one attached hydrogen (secondary N) is 2. The third-order valence-corrected chi connectivity index (χ3v) is 1.84. The monoisotopic (exact) mass is 209 g/mol. The Kier molecular flexibility index (Phi) is 3.91. The summed E-state index contributed by atoms with van der Waals surface area (Å²) in [6.45, 7) is 6.93. The van der Waals surface area contributed by atoms with Gasteiger partial charge in [-0.25, -0.2) is 4.98 Å². The summed E-state index contributed by atoms with van der Waals surface area (Å²) in [5, 5.41) is 15.8. The van der Waals surface area contributed by atoms with Crippen molar-refractivity contribution in [3.05, 3.63) is 18.3 Å². The van der Waals surface area contributed by atoms with Crippen LogP contribution in [0.1, 0.15) is 20.8 Å². The fourth-order valence-electron chi connectivity index (χ4n) is 1.14. The number of hydrogen-bond acceptors (Lipinski definition) is 4. The number of aliphatic hydroxyl groups is 1. The van der Waals surface area contributed by atoms with Gasteiger partial charge in [0.05, 0.1) is 5.60 Å². The average molecular weight is 209 g/mol. The lowest BCUT2D eigenvalue weighted by atomic mass is 10.1. The highest BCUT2D eigenvalue weighted by molar-refractivity contribution is 5.51. The van der Waals surface area contributed by atoms with Crippen molar-refractivity contribution in [1.29, 1.82) is 0 Å². The molecular formula is C11H19N3O. The van der Waals surface area contributed by atoms with E-state index in [2.05, 4.69) is 15.6 Å². The van der Waals surface area contributed by atoms with Crippen molar-refractivity contribution in [3.63, 3.8) is 0 Å². The number of nitrogens with zero attached hydrogens (tertiary/aromatic N) is 1. The molecule has 4 heteroatoms. The summed E-state index contributed by atoms with van der Waals surface area (Å²) in [6.07, 6.45) is 1.74. The third-order valence-electron chi connectivity index (χ3n) is 1.84. The van der Waals surface area contributed by atoms with Crippen LogP contribution in [0.15, 0.2) is 18.3 Å². The highest BCUT2D eigenvalue weighted by Crippen LogP contribution is 2.13. The predicted octanol–water partition coefficient (Wildman–Crippen LogP) is 1.70. The SMILES string of the molecule is CCNc1cc(NCC(C)(C)O)ccn1. The molecule has 0 aromatic carbocycles. The van der Waals surface area contributed by atoms with Gasteiger partial charge < -0.3 is 15.7 Å². The van der Waals surface area contributed by atoms with Crippen LogP contribution in [0.2, 0.25) is 0 Å². The maximum atomic E-state index is 9.56. The van der Waals surface area contributed by atoms with E-state index in [1.807, 2.05) is 19.1 Å². The van der Waals surface area contributed by atoms with Gasteiger partial charge >= 0.3 is 0 Å². The molecule has 1 aromatic heterocycles. The summed E-state index contributed by atoms with van der Waals surface area (Å²) >= 11 is 0. The van der Waals surface area contributed by atoms with Gasteiger partial charge in [0.1, 0.15) is 5.82 Å². The Morgan fingerprint density at radius 1 is 1.40 bits per heavy atom. The summed E-state index contributed by atoms with van der Waals surface area (Å²) < 4.78 is 0. The highest BCUT2D eigenvalue weighted by Gasteiger charge is 2.11. The minimum Gasteiger partial charge on any atom is -0.389 e. The van der Waals surface area contributed by atoms with Crippen molar-refractivity contribution < 1.29 is 5.11 Å². The molecule has 0 aliphatic rings. The number of rotatable bonds is 5. The predicted molar refractivity (Wildman–Crippen MR) is 63.2 cm³/mol. The molecule has 0 aliphatic carbocycles. The summed E-state index contributed by atoms with van der Waals surface area (Å²) in [5.41, 5.74) is 0.254. The van der Waals surface area contributed by atoms with Crippen LogP contribution in [-0.4, -0.2) is 28.8 Å². The molecule has 1 rings (SSSR count). The molecule has 1 aromatic rings. The molecule has 0 spiro atoms. The largest absolute Gasteiger partial charge is 0.389 e. The smallest absolute Gasteiger partial charge is 0.127 e. The zero-order chi connectivity index (χ0) is 11.3. The van der Waals surface area contributed by atoms with E-state index in [0.717, 1.165) is 18.1 Å². The first kappa shape index (κ1) is 11.8. The van der Waals surface area contributed by atoms with Crippen LogP contribution in [-0.2, 0) is 0 Å². The molecule has 0 saturated heterocycles. The van der Waals surface area contributed by atoms with Crippen molar-refractivity contribution in [3.8, 4) is 0 Å². The summed E-state index contributed by atoms with van der Waals surface area (Å²) in [5.74, 6) is 0.846. The lowest BCUT2D eigenvalue weighted by Gasteiger charge is -2.18. The second kappa shape index (κ2) is 4.98. The van der Waals surface area contributed by atoms with E-state index in [4.69, 9.17) is 0 Å². The molecule has 0 bridgehead atoms. The molecule has 0 fully saturated rings. The third kappa shape index (κ3) is 4.65. The van der Waals surface area contributed by atoms with Gasteiger partial charge in [0.15, 0.2) is 0 Å². The van der Waals surface area contributed by atoms with Gasteiger partial charge in [0.25, 0.3) is 0 Å². The van der Waals surface area contributed by atoms with E-state index < -0.39 is 5.60 Å². The second-order valence-electron chi connectivity index (χ2n) is 4.13. The van der Waals surface area contributed by atoms with Gasteiger partial charge in [-0.15, -0.1) is 0 Å². The molecule has 0 atom stereocenters. The van der Waals surface area contributed by atoms with Crippen LogP contribution in [0.5, 0.6) is 0 Å². The first-order chi connectivity index (χ1) is 7.01. The molecule has 0 unspecified atom stereocenters. The Morgan fingerprint density at radius 3 is 2.73 bits per heavy atom. The summed E-state index contributed by atoms with van der Waals surface area (Å²) in [4.78, 5) is 4.16. The van der Waals surface area contributed by atoms with Gasteiger partial charge in [-0.05, 0) is 26.8 Å². The Hall–Kier alpha value is -1.29. The Bertz CT molecular complexity index is 307. The molecule has 0 amide bonds. The van der Waals surface area contributed by atoms with Gasteiger partial charge in [0.2, 0.25) is 0 Å². The Balaban J connectivity index is 2.57. The van der Waals surface area contributed by atoms with Crippen molar-refractivity contribution in [2.24, 2.45) is 0 Å². The summed E-state index contributed by atoms with van der Waals surface area (Å²) in [6, 6.07) is 3.81. The van der Waals surface area contributed by atoms with Crippen molar-refractivity contribution in [2.45, 2.75) is 26.4 Å². The lowest BCUT2D eigenvalue weighted by molar-refractivity contribution is 0.0945. The van der Waals surface area contributed by atoms with Crippen LogP contribution in [0.4, 0.5) is 11.5 Å². The number of hydrogen-bond donors (Lipinski definition) is 3. The number of aromatic nitrogens is 1. The highest BCUT2D eigenvalue weighted by atomic mass is 16.3. The average Bonchev–Trinajstić information content (AvgIpc) is 2.15. The van der Waals surface area contributed by atoms with Gasteiger partial charge in [0, 0.05) is 31.0 Å². The maximum Gasteiger partial charge on any atom is 0.127 e. The van der Waals surface area contributed by atoms with Gasteiger partial charge in [-0.3, -0.25) is 0 Å². The summed E-state index contributed by atoms with van der Waals surface area (Å²) in [7, 11) is 0. The second-order valence-corrected chi connectivity index (χ2v) is 4.13. The van der Waals surface area contributed by atoms with Crippen LogP contribution >= 0.6 is 0 Å². The fraction of sp³-hybridized carbons (Fsp3) is 0.545. The Labute approximate surface area is 90.7 Å². The van der Waals surface area contributed by atoms with Crippen LogP contribution in [0, 0.1) is 0 Å². The first-order valence-electron chi connectivity index (χ1n) is 5.17. The quantitative estimate of drug-likeness (QED) is 0.691. The Morgan fingerprint density at radius 2 is 2.13 bits per heavy atom. The zero-order valence-corrected chi connectivity index (χ0v) is 9.54.